The summed E-state index contributed by atoms with van der Waals surface area (Å²) in [6, 6.07) is 9.12. The molecule has 25 heavy (non-hydrogen) atoms. The molecule has 0 fully saturated rings. The highest BCUT2D eigenvalue weighted by Gasteiger charge is 2.14. The first kappa shape index (κ1) is 16.9. The van der Waals surface area contributed by atoms with Gasteiger partial charge in [0, 0.05) is 35.2 Å². The fraction of sp³-hybridized carbons (Fsp3) is 0.0556. The molecule has 0 saturated carbocycles. The Bertz CT molecular complexity index is 934. The number of rotatable bonds is 4. The first-order valence-corrected chi connectivity index (χ1v) is 7.67. The van der Waals surface area contributed by atoms with Crippen LogP contribution >= 0.6 is 11.6 Å². The van der Waals surface area contributed by atoms with Crippen LogP contribution in [0.15, 0.2) is 55.0 Å². The minimum absolute atomic E-state index is 0.209. The van der Waals surface area contributed by atoms with Crippen LogP contribution in [0.1, 0.15) is 10.4 Å². The van der Waals surface area contributed by atoms with Gasteiger partial charge in [0.25, 0.3) is 5.91 Å². The molecule has 0 aliphatic heterocycles. The highest BCUT2D eigenvalue weighted by Crippen LogP contribution is 2.31. The summed E-state index contributed by atoms with van der Waals surface area (Å²) in [4.78, 5) is 20.2. The number of ether oxygens (including phenoxy) is 1. The Hall–Kier alpha value is -2.99. The van der Waals surface area contributed by atoms with Gasteiger partial charge < -0.3 is 10.1 Å². The minimum atomic E-state index is -0.465. The van der Waals surface area contributed by atoms with Crippen molar-refractivity contribution in [2.24, 2.45) is 0 Å². The molecule has 126 valence electrons. The zero-order valence-electron chi connectivity index (χ0n) is 13.2. The summed E-state index contributed by atoms with van der Waals surface area (Å²) in [5.41, 5.74) is 1.55. The third-order valence-electron chi connectivity index (χ3n) is 3.52. The summed E-state index contributed by atoms with van der Waals surface area (Å²) in [6.45, 7) is 0. The Kier molecular flexibility index (Phi) is 4.90. The number of anilines is 1. The van der Waals surface area contributed by atoms with Crippen molar-refractivity contribution in [3.05, 3.63) is 71.5 Å². The van der Waals surface area contributed by atoms with E-state index in [-0.39, 0.29) is 5.15 Å². The first-order chi connectivity index (χ1) is 12.1. The number of carbonyl (C=O) groups excluding carboxylic acids is 1. The van der Waals surface area contributed by atoms with Crippen LogP contribution in [-0.4, -0.2) is 23.0 Å². The summed E-state index contributed by atoms with van der Waals surface area (Å²) >= 11 is 5.80. The van der Waals surface area contributed by atoms with Crippen LogP contribution in [0.2, 0.25) is 5.15 Å². The molecule has 1 aromatic carbocycles. The van der Waals surface area contributed by atoms with Crippen LogP contribution in [0.4, 0.5) is 10.1 Å². The van der Waals surface area contributed by atoms with E-state index in [4.69, 9.17) is 16.3 Å². The molecule has 5 nitrogen and oxygen atoms in total. The van der Waals surface area contributed by atoms with Gasteiger partial charge in [-0.15, -0.1) is 0 Å². The molecule has 0 saturated heterocycles. The second kappa shape index (κ2) is 7.27. The van der Waals surface area contributed by atoms with Gasteiger partial charge in [0.2, 0.25) is 0 Å². The van der Waals surface area contributed by atoms with E-state index in [0.29, 0.717) is 28.1 Å². The third kappa shape index (κ3) is 3.75. The van der Waals surface area contributed by atoms with Crippen LogP contribution in [0, 0.1) is 5.82 Å². The highest BCUT2D eigenvalue weighted by atomic mass is 35.5. The molecule has 3 rings (SSSR count). The highest BCUT2D eigenvalue weighted by molar-refractivity contribution is 6.29. The van der Waals surface area contributed by atoms with Gasteiger partial charge in [-0.3, -0.25) is 9.78 Å². The molecular formula is C18H13ClFN3O2. The fourth-order valence-electron chi connectivity index (χ4n) is 2.31. The third-order valence-corrected chi connectivity index (χ3v) is 3.73. The molecule has 0 unspecified atom stereocenters. The predicted molar refractivity (Wildman–Crippen MR) is 93.4 cm³/mol. The summed E-state index contributed by atoms with van der Waals surface area (Å²) < 4.78 is 19.4. The lowest BCUT2D eigenvalue weighted by Crippen LogP contribution is -2.13. The Balaban J connectivity index is 1.95. The van der Waals surface area contributed by atoms with E-state index >= 15 is 0 Å². The molecule has 1 N–H and O–H groups in total. The number of halogens is 2. The van der Waals surface area contributed by atoms with Gasteiger partial charge in [0.05, 0.1) is 19.0 Å². The Morgan fingerprint density at radius 3 is 2.72 bits per heavy atom. The van der Waals surface area contributed by atoms with E-state index in [1.807, 2.05) is 0 Å². The summed E-state index contributed by atoms with van der Waals surface area (Å²) in [6.07, 6.45) is 4.42. The van der Waals surface area contributed by atoms with Crippen LogP contribution < -0.4 is 10.1 Å². The van der Waals surface area contributed by atoms with Crippen molar-refractivity contribution in [1.82, 2.24) is 9.97 Å². The lowest BCUT2D eigenvalue weighted by atomic mass is 10.0. The first-order valence-electron chi connectivity index (χ1n) is 7.29. The van der Waals surface area contributed by atoms with E-state index < -0.39 is 11.7 Å². The molecule has 2 heterocycles. The normalized spacial score (nSPS) is 10.4. The van der Waals surface area contributed by atoms with Gasteiger partial charge >= 0.3 is 0 Å². The molecule has 1 amide bonds. The summed E-state index contributed by atoms with van der Waals surface area (Å²) in [5.74, 6) is -0.451. The number of pyridine rings is 2. The van der Waals surface area contributed by atoms with Crippen molar-refractivity contribution in [1.29, 1.82) is 0 Å². The number of nitrogens with zero attached hydrogens (tertiary/aromatic N) is 2. The SMILES string of the molecule is COc1ccc(-c2ccncc2NC(=O)c2ccnc(Cl)c2)c(F)c1. The maximum absolute atomic E-state index is 14.4. The standard InChI is InChI=1S/C18H13ClFN3O2/c1-25-12-2-3-13(15(20)9-12)14-5-6-21-10-16(14)23-18(24)11-4-7-22-17(19)8-11/h2-10H,1H3,(H,23,24). The lowest BCUT2D eigenvalue weighted by Gasteiger charge is -2.12. The molecule has 7 heteroatoms. The van der Waals surface area contributed by atoms with Crippen molar-refractivity contribution >= 4 is 23.2 Å². The molecule has 0 atom stereocenters. The number of methoxy groups -OCH3 is 1. The monoisotopic (exact) mass is 357 g/mol. The smallest absolute Gasteiger partial charge is 0.255 e. The Morgan fingerprint density at radius 2 is 2.00 bits per heavy atom. The average molecular weight is 358 g/mol. The largest absolute Gasteiger partial charge is 0.497 e. The maximum Gasteiger partial charge on any atom is 0.255 e. The minimum Gasteiger partial charge on any atom is -0.497 e. The molecule has 0 aliphatic rings. The maximum atomic E-state index is 14.4. The van der Waals surface area contributed by atoms with Gasteiger partial charge in [-0.1, -0.05) is 11.6 Å². The number of hydrogen-bond acceptors (Lipinski definition) is 4. The summed E-state index contributed by atoms with van der Waals surface area (Å²) in [5, 5.41) is 2.93. The number of benzene rings is 1. The van der Waals surface area contributed by atoms with E-state index in [0.717, 1.165) is 0 Å². The van der Waals surface area contributed by atoms with Crippen LogP contribution in [-0.2, 0) is 0 Å². The van der Waals surface area contributed by atoms with Crippen LogP contribution in [0.25, 0.3) is 11.1 Å². The van der Waals surface area contributed by atoms with Crippen molar-refractivity contribution in [3.63, 3.8) is 0 Å². The van der Waals surface area contributed by atoms with Crippen molar-refractivity contribution in [3.8, 4) is 16.9 Å². The molecule has 0 radical (unpaired) electrons. The molecule has 0 spiro atoms. The van der Waals surface area contributed by atoms with Gasteiger partial charge in [0.1, 0.15) is 16.7 Å². The van der Waals surface area contributed by atoms with Crippen molar-refractivity contribution < 1.29 is 13.9 Å². The number of hydrogen-bond donors (Lipinski definition) is 1. The quantitative estimate of drug-likeness (QED) is 0.711. The van der Waals surface area contributed by atoms with E-state index in [1.165, 1.54) is 43.9 Å². The second-order valence-corrected chi connectivity index (χ2v) is 5.48. The van der Waals surface area contributed by atoms with Gasteiger partial charge in [-0.05, 0) is 30.3 Å². The average Bonchev–Trinajstić information content (AvgIpc) is 2.62. The molecule has 3 aromatic rings. The van der Waals surface area contributed by atoms with E-state index in [9.17, 15) is 9.18 Å². The zero-order valence-corrected chi connectivity index (χ0v) is 13.9. The summed E-state index contributed by atoms with van der Waals surface area (Å²) in [7, 11) is 1.46. The number of aromatic nitrogens is 2. The predicted octanol–water partition coefficient (Wildman–Crippen LogP) is 4.20. The van der Waals surface area contributed by atoms with E-state index in [1.54, 1.807) is 18.2 Å². The number of nitrogens with one attached hydrogen (secondary N) is 1. The second-order valence-electron chi connectivity index (χ2n) is 5.09. The zero-order chi connectivity index (χ0) is 17.8. The Morgan fingerprint density at radius 1 is 1.16 bits per heavy atom. The van der Waals surface area contributed by atoms with Crippen molar-refractivity contribution in [2.75, 3.05) is 12.4 Å². The Labute approximate surface area is 148 Å². The topological polar surface area (TPSA) is 64.1 Å². The number of amides is 1. The lowest BCUT2D eigenvalue weighted by molar-refractivity contribution is 0.102. The molecular weight excluding hydrogens is 345 g/mol. The van der Waals surface area contributed by atoms with Crippen molar-refractivity contribution in [2.45, 2.75) is 0 Å². The fourth-order valence-corrected chi connectivity index (χ4v) is 2.48. The van der Waals surface area contributed by atoms with Crippen LogP contribution in [0.3, 0.4) is 0 Å². The molecule has 0 aliphatic carbocycles. The van der Waals surface area contributed by atoms with E-state index in [2.05, 4.69) is 15.3 Å². The van der Waals surface area contributed by atoms with Crippen LogP contribution in [0.5, 0.6) is 5.75 Å². The molecule has 0 bridgehead atoms. The number of carbonyl (C=O) groups is 1. The van der Waals surface area contributed by atoms with Gasteiger partial charge in [-0.2, -0.15) is 0 Å². The van der Waals surface area contributed by atoms with Gasteiger partial charge in [-0.25, -0.2) is 9.37 Å². The molecule has 2 aromatic heterocycles. The van der Waals surface area contributed by atoms with Gasteiger partial charge in [0.15, 0.2) is 0 Å².